The minimum Gasteiger partial charge on any atom is -0.398 e. The molecule has 0 radical (unpaired) electrons. The molecule has 0 saturated heterocycles. The highest BCUT2D eigenvalue weighted by atomic mass is 16.5. The van der Waals surface area contributed by atoms with Crippen molar-refractivity contribution in [1.82, 2.24) is 4.90 Å². The third-order valence-corrected chi connectivity index (χ3v) is 2.73. The maximum atomic E-state index is 12.1. The summed E-state index contributed by atoms with van der Waals surface area (Å²) in [5, 5.41) is 0. The molecule has 4 nitrogen and oxygen atoms in total. The summed E-state index contributed by atoms with van der Waals surface area (Å²) in [6.45, 7) is 5.60. The minimum absolute atomic E-state index is 0.0190. The molecule has 94 valence electrons. The van der Waals surface area contributed by atoms with E-state index < -0.39 is 0 Å². The molecule has 4 heteroatoms. The van der Waals surface area contributed by atoms with Crippen LogP contribution >= 0.6 is 0 Å². The van der Waals surface area contributed by atoms with Crippen molar-refractivity contribution in [3.8, 4) is 0 Å². The zero-order chi connectivity index (χ0) is 12.8. The van der Waals surface area contributed by atoms with Crippen molar-refractivity contribution >= 4 is 11.6 Å². The Morgan fingerprint density at radius 3 is 2.82 bits per heavy atom. The van der Waals surface area contributed by atoms with Gasteiger partial charge in [-0.3, -0.25) is 4.79 Å². The summed E-state index contributed by atoms with van der Waals surface area (Å²) in [7, 11) is 1.77. The lowest BCUT2D eigenvalue weighted by Gasteiger charge is -2.18. The molecule has 0 aliphatic rings. The molecule has 1 rings (SSSR count). The molecule has 1 aromatic rings. The van der Waals surface area contributed by atoms with Crippen LogP contribution in [0, 0.1) is 6.92 Å². The number of likely N-dealkylation sites (N-methyl/N-ethyl adjacent to an activating group) is 1. The molecule has 0 bridgehead atoms. The van der Waals surface area contributed by atoms with E-state index in [0.29, 0.717) is 31.0 Å². The summed E-state index contributed by atoms with van der Waals surface area (Å²) in [4.78, 5) is 13.8. The third-order valence-electron chi connectivity index (χ3n) is 2.73. The Morgan fingerprint density at radius 1 is 1.47 bits per heavy atom. The molecule has 2 N–H and O–H groups in total. The van der Waals surface area contributed by atoms with E-state index >= 15 is 0 Å². The Labute approximate surface area is 102 Å². The second-order valence-electron chi connectivity index (χ2n) is 3.94. The predicted octanol–water partition coefficient (Wildman–Crippen LogP) is 1.69. The second kappa shape index (κ2) is 6.25. The molecular weight excluding hydrogens is 216 g/mol. The summed E-state index contributed by atoms with van der Waals surface area (Å²) in [5.41, 5.74) is 7.92. The van der Waals surface area contributed by atoms with Gasteiger partial charge >= 0.3 is 0 Å². The normalized spacial score (nSPS) is 10.3. The Hall–Kier alpha value is -1.55. The van der Waals surface area contributed by atoms with Gasteiger partial charge in [0.05, 0.1) is 6.61 Å². The topological polar surface area (TPSA) is 55.6 Å². The second-order valence-corrected chi connectivity index (χ2v) is 3.94. The number of benzene rings is 1. The number of rotatable bonds is 5. The van der Waals surface area contributed by atoms with Crippen molar-refractivity contribution in [1.29, 1.82) is 0 Å². The number of carbonyl (C=O) groups is 1. The number of hydrogen-bond donors (Lipinski definition) is 1. The summed E-state index contributed by atoms with van der Waals surface area (Å²) < 4.78 is 5.23. The van der Waals surface area contributed by atoms with Crippen LogP contribution in [0.4, 0.5) is 5.69 Å². The van der Waals surface area contributed by atoms with E-state index in [4.69, 9.17) is 10.5 Å². The largest absolute Gasteiger partial charge is 0.398 e. The van der Waals surface area contributed by atoms with Gasteiger partial charge in [0.25, 0.3) is 5.91 Å². The van der Waals surface area contributed by atoms with Gasteiger partial charge in [0.2, 0.25) is 0 Å². The van der Waals surface area contributed by atoms with E-state index in [1.807, 2.05) is 13.8 Å². The first kappa shape index (κ1) is 13.5. The first-order chi connectivity index (χ1) is 8.07. The molecule has 0 aliphatic carbocycles. The van der Waals surface area contributed by atoms with Crippen LogP contribution < -0.4 is 5.73 Å². The first-order valence-electron chi connectivity index (χ1n) is 5.76. The number of ether oxygens (including phenoxy) is 1. The van der Waals surface area contributed by atoms with E-state index in [-0.39, 0.29) is 5.91 Å². The van der Waals surface area contributed by atoms with Crippen LogP contribution in [0.3, 0.4) is 0 Å². The van der Waals surface area contributed by atoms with Crippen LogP contribution in [0.2, 0.25) is 0 Å². The molecule has 0 saturated carbocycles. The number of carbonyl (C=O) groups excluding carboxylic acids is 1. The summed E-state index contributed by atoms with van der Waals surface area (Å²) in [6.07, 6.45) is 0. The molecule has 0 heterocycles. The Kier molecular flexibility index (Phi) is 4.97. The molecule has 0 aromatic heterocycles. The van der Waals surface area contributed by atoms with Gasteiger partial charge in [-0.15, -0.1) is 0 Å². The van der Waals surface area contributed by atoms with Gasteiger partial charge < -0.3 is 15.4 Å². The van der Waals surface area contributed by atoms with Crippen LogP contribution in [0.15, 0.2) is 18.2 Å². The minimum atomic E-state index is -0.0190. The first-order valence-corrected chi connectivity index (χ1v) is 5.76. The van der Waals surface area contributed by atoms with Crippen LogP contribution in [0.1, 0.15) is 22.8 Å². The van der Waals surface area contributed by atoms with Crippen molar-refractivity contribution in [2.75, 3.05) is 32.5 Å². The van der Waals surface area contributed by atoms with Crippen molar-refractivity contribution in [2.24, 2.45) is 0 Å². The van der Waals surface area contributed by atoms with Crippen LogP contribution in [-0.4, -0.2) is 37.6 Å². The molecular formula is C13H20N2O2. The highest BCUT2D eigenvalue weighted by molar-refractivity contribution is 5.96. The van der Waals surface area contributed by atoms with E-state index in [9.17, 15) is 4.79 Å². The molecule has 0 spiro atoms. The molecule has 0 unspecified atom stereocenters. The van der Waals surface area contributed by atoms with Crippen molar-refractivity contribution in [3.05, 3.63) is 29.3 Å². The monoisotopic (exact) mass is 236 g/mol. The highest BCUT2D eigenvalue weighted by Crippen LogP contribution is 2.16. The number of amides is 1. The number of nitrogen functional groups attached to an aromatic ring is 1. The lowest BCUT2D eigenvalue weighted by Crippen LogP contribution is -2.30. The Morgan fingerprint density at radius 2 is 2.18 bits per heavy atom. The van der Waals surface area contributed by atoms with Gasteiger partial charge in [0.15, 0.2) is 0 Å². The van der Waals surface area contributed by atoms with Crippen LogP contribution in [-0.2, 0) is 4.74 Å². The van der Waals surface area contributed by atoms with Gasteiger partial charge in [-0.2, -0.15) is 0 Å². The molecule has 0 atom stereocenters. The quantitative estimate of drug-likeness (QED) is 0.625. The van der Waals surface area contributed by atoms with Gasteiger partial charge in [-0.1, -0.05) is 6.07 Å². The Balaban J connectivity index is 2.71. The fourth-order valence-electron chi connectivity index (χ4n) is 1.54. The van der Waals surface area contributed by atoms with Crippen molar-refractivity contribution < 1.29 is 9.53 Å². The average molecular weight is 236 g/mol. The van der Waals surface area contributed by atoms with Crippen molar-refractivity contribution in [2.45, 2.75) is 13.8 Å². The van der Waals surface area contributed by atoms with Gasteiger partial charge in [-0.05, 0) is 31.5 Å². The standard InChI is InChI=1S/C13H20N2O2/c1-4-17-9-8-15(3)13(16)11-6-5-7-12(14)10(11)2/h5-7H,4,8-9,14H2,1-3H3. The third kappa shape index (κ3) is 3.46. The molecule has 0 fully saturated rings. The smallest absolute Gasteiger partial charge is 0.254 e. The summed E-state index contributed by atoms with van der Waals surface area (Å²) in [6, 6.07) is 5.39. The molecule has 0 aliphatic heterocycles. The van der Waals surface area contributed by atoms with E-state index in [1.54, 1.807) is 30.1 Å². The van der Waals surface area contributed by atoms with E-state index in [1.165, 1.54) is 0 Å². The summed E-state index contributed by atoms with van der Waals surface area (Å²) >= 11 is 0. The van der Waals surface area contributed by atoms with Gasteiger partial charge in [0.1, 0.15) is 0 Å². The molecule has 17 heavy (non-hydrogen) atoms. The molecule has 1 aromatic carbocycles. The predicted molar refractivity (Wildman–Crippen MR) is 69.0 cm³/mol. The Bertz CT molecular complexity index is 391. The zero-order valence-electron chi connectivity index (χ0n) is 10.7. The lowest BCUT2D eigenvalue weighted by atomic mass is 10.1. The zero-order valence-corrected chi connectivity index (χ0v) is 10.7. The van der Waals surface area contributed by atoms with E-state index in [2.05, 4.69) is 0 Å². The van der Waals surface area contributed by atoms with Gasteiger partial charge in [-0.25, -0.2) is 0 Å². The summed E-state index contributed by atoms with van der Waals surface area (Å²) in [5.74, 6) is -0.0190. The van der Waals surface area contributed by atoms with Gasteiger partial charge in [0, 0.05) is 31.5 Å². The average Bonchev–Trinajstić information content (AvgIpc) is 2.32. The SMILES string of the molecule is CCOCCN(C)C(=O)c1cccc(N)c1C. The lowest BCUT2D eigenvalue weighted by molar-refractivity contribution is 0.0709. The maximum Gasteiger partial charge on any atom is 0.254 e. The van der Waals surface area contributed by atoms with E-state index in [0.717, 1.165) is 5.56 Å². The van der Waals surface area contributed by atoms with Crippen LogP contribution in [0.25, 0.3) is 0 Å². The fourth-order valence-corrected chi connectivity index (χ4v) is 1.54. The fraction of sp³-hybridized carbons (Fsp3) is 0.462. The molecule has 1 amide bonds. The number of anilines is 1. The number of nitrogens with two attached hydrogens (primary N) is 1. The highest BCUT2D eigenvalue weighted by Gasteiger charge is 2.14. The van der Waals surface area contributed by atoms with Crippen LogP contribution in [0.5, 0.6) is 0 Å². The number of hydrogen-bond acceptors (Lipinski definition) is 3. The number of nitrogens with zero attached hydrogens (tertiary/aromatic N) is 1. The van der Waals surface area contributed by atoms with Crippen molar-refractivity contribution in [3.63, 3.8) is 0 Å². The maximum absolute atomic E-state index is 12.1.